The van der Waals surface area contributed by atoms with Crippen LogP contribution in [-0.2, 0) is 13.0 Å². The summed E-state index contributed by atoms with van der Waals surface area (Å²) in [5.74, 6) is 2.67. The Morgan fingerprint density at radius 2 is 1.68 bits per heavy atom. The summed E-state index contributed by atoms with van der Waals surface area (Å²) < 4.78 is 0. The zero-order chi connectivity index (χ0) is 13.7. The number of thiophene rings is 1. The molecular formula is C17H28Cl2N2S. The largest absolute Gasteiger partial charge is 0.316 e. The third kappa shape index (κ3) is 3.21. The fraction of sp³-hybridized carbons (Fsp3) is 0.765. The highest BCUT2D eigenvalue weighted by atomic mass is 35.5. The molecule has 0 aliphatic carbocycles. The van der Waals surface area contributed by atoms with Crippen LogP contribution in [0.2, 0.25) is 0 Å². The molecule has 4 rings (SSSR count). The molecule has 22 heavy (non-hydrogen) atoms. The fourth-order valence-corrected chi connectivity index (χ4v) is 6.07. The van der Waals surface area contributed by atoms with Crippen molar-refractivity contribution in [2.24, 2.45) is 17.8 Å². The molecule has 3 saturated heterocycles. The molecule has 5 heteroatoms. The molecule has 4 heterocycles. The number of fused-ring (bicyclic) bond motifs is 5. The number of hydrogen-bond donors (Lipinski definition) is 1. The topological polar surface area (TPSA) is 15.3 Å². The molecule has 126 valence electrons. The maximum Gasteiger partial charge on any atom is 0.0334 e. The van der Waals surface area contributed by atoms with Crippen molar-refractivity contribution in [3.05, 3.63) is 21.9 Å². The van der Waals surface area contributed by atoms with Crippen LogP contribution in [0.4, 0.5) is 0 Å². The molecule has 1 aromatic rings. The van der Waals surface area contributed by atoms with E-state index < -0.39 is 0 Å². The predicted molar refractivity (Wildman–Crippen MR) is 99.6 cm³/mol. The minimum Gasteiger partial charge on any atom is -0.316 e. The van der Waals surface area contributed by atoms with E-state index in [0.29, 0.717) is 0 Å². The lowest BCUT2D eigenvalue weighted by atomic mass is 9.82. The highest BCUT2D eigenvalue weighted by Crippen LogP contribution is 2.48. The monoisotopic (exact) mass is 362 g/mol. The van der Waals surface area contributed by atoms with Crippen molar-refractivity contribution < 1.29 is 0 Å². The van der Waals surface area contributed by atoms with E-state index in [1.54, 1.807) is 9.75 Å². The van der Waals surface area contributed by atoms with Gasteiger partial charge >= 0.3 is 0 Å². The first-order valence-corrected chi connectivity index (χ1v) is 9.08. The Labute approximate surface area is 150 Å². The average molecular weight is 363 g/mol. The Hall–Kier alpha value is 0.200. The number of nitrogens with one attached hydrogen (secondary N) is 1. The molecule has 3 fully saturated rings. The maximum absolute atomic E-state index is 3.61. The molecule has 0 radical (unpaired) electrons. The zero-order valence-corrected chi connectivity index (χ0v) is 15.9. The second-order valence-electron chi connectivity index (χ2n) is 7.34. The number of halogens is 2. The Morgan fingerprint density at radius 3 is 2.27 bits per heavy atom. The van der Waals surface area contributed by atoms with E-state index in [1.165, 1.54) is 38.9 Å². The van der Waals surface area contributed by atoms with E-state index in [2.05, 4.69) is 47.5 Å². The van der Waals surface area contributed by atoms with Crippen molar-refractivity contribution in [3.63, 3.8) is 0 Å². The highest BCUT2D eigenvalue weighted by molar-refractivity contribution is 7.11. The van der Waals surface area contributed by atoms with Gasteiger partial charge in [-0.2, -0.15) is 0 Å². The minimum absolute atomic E-state index is 0. The van der Waals surface area contributed by atoms with Gasteiger partial charge in [-0.25, -0.2) is 0 Å². The Morgan fingerprint density at radius 1 is 1.09 bits per heavy atom. The maximum atomic E-state index is 3.61. The van der Waals surface area contributed by atoms with E-state index in [0.717, 1.165) is 29.8 Å². The summed E-state index contributed by atoms with van der Waals surface area (Å²) >= 11 is 2.05. The van der Waals surface area contributed by atoms with Crippen molar-refractivity contribution in [1.29, 1.82) is 0 Å². The van der Waals surface area contributed by atoms with Gasteiger partial charge in [-0.1, -0.05) is 13.8 Å². The first-order valence-electron chi connectivity index (χ1n) is 8.26. The smallest absolute Gasteiger partial charge is 0.0334 e. The average Bonchev–Trinajstić information content (AvgIpc) is 3.12. The van der Waals surface area contributed by atoms with Crippen LogP contribution in [0.15, 0.2) is 12.1 Å². The van der Waals surface area contributed by atoms with Crippen LogP contribution in [0, 0.1) is 17.8 Å². The number of nitrogens with zero attached hydrogens (tertiary/aromatic N) is 1. The predicted octanol–water partition coefficient (Wildman–Crippen LogP) is 3.97. The van der Waals surface area contributed by atoms with Gasteiger partial charge in [-0.15, -0.1) is 36.2 Å². The molecule has 2 bridgehead atoms. The van der Waals surface area contributed by atoms with Crippen LogP contribution in [-0.4, -0.2) is 30.1 Å². The summed E-state index contributed by atoms with van der Waals surface area (Å²) in [5, 5.41) is 3.61. The lowest BCUT2D eigenvalue weighted by Gasteiger charge is -2.23. The van der Waals surface area contributed by atoms with Gasteiger partial charge in [0.05, 0.1) is 0 Å². The van der Waals surface area contributed by atoms with Crippen molar-refractivity contribution in [1.82, 2.24) is 10.2 Å². The molecule has 0 amide bonds. The third-order valence-corrected chi connectivity index (χ3v) is 6.67. The van der Waals surface area contributed by atoms with E-state index >= 15 is 0 Å². The van der Waals surface area contributed by atoms with Gasteiger partial charge in [-0.3, -0.25) is 4.90 Å². The molecule has 4 atom stereocenters. The molecule has 3 aliphatic rings. The van der Waals surface area contributed by atoms with E-state index in [4.69, 9.17) is 0 Å². The zero-order valence-electron chi connectivity index (χ0n) is 13.5. The van der Waals surface area contributed by atoms with Crippen molar-refractivity contribution in [2.75, 3.05) is 13.1 Å². The minimum atomic E-state index is 0. The molecule has 3 aliphatic heterocycles. The molecule has 2 nitrogen and oxygen atoms in total. The molecule has 0 spiro atoms. The van der Waals surface area contributed by atoms with E-state index in [-0.39, 0.29) is 24.8 Å². The number of hydrogen-bond acceptors (Lipinski definition) is 3. The summed E-state index contributed by atoms with van der Waals surface area (Å²) in [6.07, 6.45) is 4.13. The SMILES string of the molecule is CC(C)Cc1ccc(CN2[C@@H]3CC[C@H]2[C@H]2CNC[C@H]23)s1.Cl.Cl. The summed E-state index contributed by atoms with van der Waals surface area (Å²) in [6.45, 7) is 8.38. The van der Waals surface area contributed by atoms with Gasteiger partial charge in [0.2, 0.25) is 0 Å². The number of rotatable bonds is 4. The molecule has 1 N–H and O–H groups in total. The summed E-state index contributed by atoms with van der Waals surface area (Å²) in [6, 6.07) is 6.49. The lowest BCUT2D eigenvalue weighted by molar-refractivity contribution is 0.220. The first-order chi connectivity index (χ1) is 9.72. The van der Waals surface area contributed by atoms with E-state index in [9.17, 15) is 0 Å². The second kappa shape index (κ2) is 7.40. The van der Waals surface area contributed by atoms with Crippen LogP contribution in [0.1, 0.15) is 36.4 Å². The van der Waals surface area contributed by atoms with Gasteiger partial charge in [0.15, 0.2) is 0 Å². The summed E-state index contributed by atoms with van der Waals surface area (Å²) in [7, 11) is 0. The highest BCUT2D eigenvalue weighted by Gasteiger charge is 2.54. The summed E-state index contributed by atoms with van der Waals surface area (Å²) in [4.78, 5) is 6.01. The molecule has 0 saturated carbocycles. The third-order valence-electron chi connectivity index (χ3n) is 5.57. The quantitative estimate of drug-likeness (QED) is 0.871. The van der Waals surface area contributed by atoms with Gasteiger partial charge in [0, 0.05) is 28.4 Å². The fourth-order valence-electron chi connectivity index (χ4n) is 4.84. The normalized spacial score (nSPS) is 32.9. The van der Waals surface area contributed by atoms with Gasteiger partial charge in [0.1, 0.15) is 0 Å². The van der Waals surface area contributed by atoms with Crippen LogP contribution in [0.25, 0.3) is 0 Å². The second-order valence-corrected chi connectivity index (χ2v) is 8.59. The summed E-state index contributed by atoms with van der Waals surface area (Å²) in [5.41, 5.74) is 0. The van der Waals surface area contributed by atoms with Crippen LogP contribution in [0.3, 0.4) is 0 Å². The lowest BCUT2D eigenvalue weighted by Crippen LogP contribution is -2.33. The van der Waals surface area contributed by atoms with Gasteiger partial charge < -0.3 is 5.32 Å². The Bertz CT molecular complexity index is 473. The first kappa shape index (κ1) is 18.5. The molecule has 0 aromatic carbocycles. The van der Waals surface area contributed by atoms with Crippen LogP contribution >= 0.6 is 36.2 Å². The Kier molecular flexibility index (Phi) is 6.23. The van der Waals surface area contributed by atoms with Crippen LogP contribution < -0.4 is 5.32 Å². The van der Waals surface area contributed by atoms with Crippen LogP contribution in [0.5, 0.6) is 0 Å². The molecule has 1 aromatic heterocycles. The van der Waals surface area contributed by atoms with Crippen molar-refractivity contribution in [2.45, 2.75) is 51.7 Å². The molecular weight excluding hydrogens is 335 g/mol. The molecule has 0 unspecified atom stereocenters. The van der Waals surface area contributed by atoms with Gasteiger partial charge in [0.25, 0.3) is 0 Å². The standard InChI is InChI=1S/C17H26N2S.2ClH/c1-11(2)7-12-3-4-13(20-12)10-19-16-5-6-17(19)15-9-18-8-14(15)16;;/h3-4,11,14-18H,5-10H2,1-2H3;2*1H/t14-,15+,16-,17+;;. The Balaban J connectivity index is 0.000000882. The van der Waals surface area contributed by atoms with Gasteiger partial charge in [-0.05, 0) is 62.2 Å². The van der Waals surface area contributed by atoms with Crippen molar-refractivity contribution in [3.8, 4) is 0 Å². The van der Waals surface area contributed by atoms with Crippen molar-refractivity contribution >= 4 is 36.2 Å². The van der Waals surface area contributed by atoms with E-state index in [1.807, 2.05) is 0 Å².